The SMILES string of the molecule is COc1cccc(-c2cc(C(F)(F)F)cc3[nH]ncc23)c1OC. The second-order valence-corrected chi connectivity index (χ2v) is 4.89. The third kappa shape index (κ3) is 2.58. The van der Waals surface area contributed by atoms with Crippen LogP contribution in [-0.4, -0.2) is 24.4 Å². The summed E-state index contributed by atoms with van der Waals surface area (Å²) in [4.78, 5) is 0. The monoisotopic (exact) mass is 322 g/mol. The molecule has 3 aromatic rings. The zero-order valence-corrected chi connectivity index (χ0v) is 12.4. The van der Waals surface area contributed by atoms with E-state index in [1.165, 1.54) is 20.4 Å². The number of ether oxygens (including phenoxy) is 2. The number of H-pyrrole nitrogens is 1. The topological polar surface area (TPSA) is 47.1 Å². The number of benzene rings is 2. The number of aromatic nitrogens is 2. The van der Waals surface area contributed by atoms with Crippen molar-refractivity contribution in [3.8, 4) is 22.6 Å². The van der Waals surface area contributed by atoms with Gasteiger partial charge in [0.05, 0.1) is 31.5 Å². The Morgan fingerprint density at radius 1 is 1.04 bits per heavy atom. The van der Waals surface area contributed by atoms with E-state index in [4.69, 9.17) is 9.47 Å². The number of para-hydroxylation sites is 1. The third-order valence-corrected chi connectivity index (χ3v) is 3.58. The Bertz CT molecular complexity index is 856. The number of nitrogens with zero attached hydrogens (tertiary/aromatic N) is 1. The summed E-state index contributed by atoms with van der Waals surface area (Å²) >= 11 is 0. The molecule has 23 heavy (non-hydrogen) atoms. The van der Waals surface area contributed by atoms with E-state index in [0.29, 0.717) is 33.5 Å². The average Bonchev–Trinajstić information content (AvgIpc) is 3.00. The fourth-order valence-corrected chi connectivity index (χ4v) is 2.54. The van der Waals surface area contributed by atoms with Crippen molar-refractivity contribution in [2.75, 3.05) is 14.2 Å². The Balaban J connectivity index is 2.34. The van der Waals surface area contributed by atoms with Crippen LogP contribution in [0.2, 0.25) is 0 Å². The normalized spacial score (nSPS) is 11.7. The fraction of sp³-hybridized carbons (Fsp3) is 0.188. The van der Waals surface area contributed by atoms with Gasteiger partial charge in [0.15, 0.2) is 11.5 Å². The Morgan fingerprint density at radius 2 is 1.83 bits per heavy atom. The molecule has 0 aliphatic heterocycles. The van der Waals surface area contributed by atoms with Crippen molar-refractivity contribution < 1.29 is 22.6 Å². The Kier molecular flexibility index (Phi) is 3.63. The maximum atomic E-state index is 13.2. The summed E-state index contributed by atoms with van der Waals surface area (Å²) in [5.41, 5.74) is 0.428. The fourth-order valence-electron chi connectivity index (χ4n) is 2.54. The van der Waals surface area contributed by atoms with Crippen LogP contribution < -0.4 is 9.47 Å². The van der Waals surface area contributed by atoms with Crippen molar-refractivity contribution in [2.24, 2.45) is 0 Å². The highest BCUT2D eigenvalue weighted by molar-refractivity contribution is 5.97. The molecule has 0 unspecified atom stereocenters. The van der Waals surface area contributed by atoms with E-state index in [1.54, 1.807) is 18.2 Å². The van der Waals surface area contributed by atoms with Gasteiger partial charge in [-0.25, -0.2) is 0 Å². The van der Waals surface area contributed by atoms with Crippen molar-refractivity contribution in [1.29, 1.82) is 0 Å². The summed E-state index contributed by atoms with van der Waals surface area (Å²) in [6.45, 7) is 0. The van der Waals surface area contributed by atoms with Crippen LogP contribution in [0.5, 0.6) is 11.5 Å². The van der Waals surface area contributed by atoms with Gasteiger partial charge < -0.3 is 9.47 Å². The molecule has 0 bridgehead atoms. The largest absolute Gasteiger partial charge is 0.493 e. The van der Waals surface area contributed by atoms with Crippen LogP contribution in [0, 0.1) is 0 Å². The lowest BCUT2D eigenvalue weighted by Gasteiger charge is -2.15. The van der Waals surface area contributed by atoms with E-state index in [0.717, 1.165) is 12.1 Å². The highest BCUT2D eigenvalue weighted by Gasteiger charge is 2.32. The average molecular weight is 322 g/mol. The van der Waals surface area contributed by atoms with E-state index < -0.39 is 11.7 Å². The Morgan fingerprint density at radius 3 is 2.48 bits per heavy atom. The van der Waals surface area contributed by atoms with Crippen LogP contribution in [0.4, 0.5) is 13.2 Å². The minimum Gasteiger partial charge on any atom is -0.493 e. The second kappa shape index (κ2) is 5.49. The van der Waals surface area contributed by atoms with Crippen LogP contribution in [-0.2, 0) is 6.18 Å². The molecule has 0 aliphatic carbocycles. The van der Waals surface area contributed by atoms with E-state index in [-0.39, 0.29) is 0 Å². The molecule has 2 aromatic carbocycles. The van der Waals surface area contributed by atoms with Crippen LogP contribution in [0.15, 0.2) is 36.5 Å². The van der Waals surface area contributed by atoms with Gasteiger partial charge in [0, 0.05) is 10.9 Å². The molecule has 7 heteroatoms. The molecule has 1 heterocycles. The van der Waals surface area contributed by atoms with Crippen molar-refractivity contribution >= 4 is 10.9 Å². The third-order valence-electron chi connectivity index (χ3n) is 3.58. The number of alkyl halides is 3. The number of hydrogen-bond donors (Lipinski definition) is 1. The van der Waals surface area contributed by atoms with Gasteiger partial charge in [-0.2, -0.15) is 18.3 Å². The summed E-state index contributed by atoms with van der Waals surface area (Å²) in [7, 11) is 2.92. The van der Waals surface area contributed by atoms with Crippen molar-refractivity contribution in [1.82, 2.24) is 10.2 Å². The van der Waals surface area contributed by atoms with E-state index in [2.05, 4.69) is 10.2 Å². The Labute approximate surface area is 129 Å². The molecule has 1 N–H and O–H groups in total. The number of nitrogens with one attached hydrogen (secondary N) is 1. The minimum atomic E-state index is -4.46. The Hall–Kier alpha value is -2.70. The van der Waals surface area contributed by atoms with Gasteiger partial charge in [0.2, 0.25) is 0 Å². The molecule has 0 aliphatic rings. The van der Waals surface area contributed by atoms with Crippen LogP contribution in [0.1, 0.15) is 5.56 Å². The first-order chi connectivity index (χ1) is 11.0. The lowest BCUT2D eigenvalue weighted by Crippen LogP contribution is -2.05. The van der Waals surface area contributed by atoms with E-state index in [9.17, 15) is 13.2 Å². The number of hydrogen-bond acceptors (Lipinski definition) is 3. The molecule has 0 atom stereocenters. The van der Waals surface area contributed by atoms with Gasteiger partial charge in [-0.05, 0) is 23.8 Å². The predicted molar refractivity (Wildman–Crippen MR) is 79.6 cm³/mol. The predicted octanol–water partition coefficient (Wildman–Crippen LogP) is 4.27. The van der Waals surface area contributed by atoms with Crippen LogP contribution in [0.3, 0.4) is 0 Å². The first-order valence-corrected chi connectivity index (χ1v) is 6.71. The van der Waals surface area contributed by atoms with Gasteiger partial charge >= 0.3 is 6.18 Å². The molecule has 0 saturated heterocycles. The minimum absolute atomic E-state index is 0.305. The standard InChI is InChI=1S/C16H13F3N2O2/c1-22-14-5-3-4-10(15(14)23-2)11-6-9(16(17,18)19)7-13-12(11)8-20-21-13/h3-8H,1-2H3,(H,20,21). The molecular formula is C16H13F3N2O2. The molecule has 0 radical (unpaired) electrons. The first kappa shape index (κ1) is 15.2. The molecule has 1 aromatic heterocycles. The maximum absolute atomic E-state index is 13.2. The summed E-state index contributed by atoms with van der Waals surface area (Å²) in [6.07, 6.45) is -2.97. The molecule has 4 nitrogen and oxygen atoms in total. The van der Waals surface area contributed by atoms with Gasteiger partial charge in [-0.15, -0.1) is 0 Å². The molecule has 0 fully saturated rings. The number of halogens is 3. The molecule has 120 valence electrons. The van der Waals surface area contributed by atoms with Crippen LogP contribution in [0.25, 0.3) is 22.0 Å². The number of methoxy groups -OCH3 is 2. The zero-order valence-electron chi connectivity index (χ0n) is 12.4. The van der Waals surface area contributed by atoms with Crippen LogP contribution >= 0.6 is 0 Å². The number of aromatic amines is 1. The van der Waals surface area contributed by atoms with Crippen molar-refractivity contribution in [2.45, 2.75) is 6.18 Å². The second-order valence-electron chi connectivity index (χ2n) is 4.89. The molecule has 3 rings (SSSR count). The van der Waals surface area contributed by atoms with Crippen molar-refractivity contribution in [3.63, 3.8) is 0 Å². The van der Waals surface area contributed by atoms with E-state index in [1.807, 2.05) is 0 Å². The molecule has 0 spiro atoms. The highest BCUT2D eigenvalue weighted by atomic mass is 19.4. The number of rotatable bonds is 3. The van der Waals surface area contributed by atoms with Gasteiger partial charge in [0.25, 0.3) is 0 Å². The summed E-state index contributed by atoms with van der Waals surface area (Å²) in [5.74, 6) is 0.816. The van der Waals surface area contributed by atoms with Gasteiger partial charge in [-0.1, -0.05) is 12.1 Å². The molecule has 0 saturated carbocycles. The first-order valence-electron chi connectivity index (χ1n) is 6.71. The van der Waals surface area contributed by atoms with E-state index >= 15 is 0 Å². The van der Waals surface area contributed by atoms with Gasteiger partial charge in [-0.3, -0.25) is 5.10 Å². The number of fused-ring (bicyclic) bond motifs is 1. The quantitative estimate of drug-likeness (QED) is 0.783. The lowest BCUT2D eigenvalue weighted by atomic mass is 9.98. The lowest BCUT2D eigenvalue weighted by molar-refractivity contribution is -0.137. The summed E-state index contributed by atoms with van der Waals surface area (Å²) < 4.78 is 50.0. The van der Waals surface area contributed by atoms with Crippen molar-refractivity contribution in [3.05, 3.63) is 42.1 Å². The summed E-state index contributed by atoms with van der Waals surface area (Å²) in [5, 5.41) is 7.00. The zero-order chi connectivity index (χ0) is 16.6. The molecular weight excluding hydrogens is 309 g/mol. The van der Waals surface area contributed by atoms with Gasteiger partial charge in [0.1, 0.15) is 0 Å². The summed E-state index contributed by atoms with van der Waals surface area (Å²) in [6, 6.07) is 7.20. The maximum Gasteiger partial charge on any atom is 0.416 e. The molecule has 0 amide bonds. The highest BCUT2D eigenvalue weighted by Crippen LogP contribution is 2.42. The smallest absolute Gasteiger partial charge is 0.416 e.